The highest BCUT2D eigenvalue weighted by Gasteiger charge is 2.21. The van der Waals surface area contributed by atoms with Crippen LogP contribution in [-0.4, -0.2) is 34.3 Å². The Morgan fingerprint density at radius 1 is 1.18 bits per heavy atom. The Morgan fingerprint density at radius 3 is 2.79 bits per heavy atom. The van der Waals surface area contributed by atoms with Crippen LogP contribution in [0.4, 0.5) is 5.69 Å². The minimum atomic E-state index is -3.95. The molecule has 0 saturated heterocycles. The topological polar surface area (TPSA) is 114 Å². The van der Waals surface area contributed by atoms with Gasteiger partial charge in [0.1, 0.15) is 5.82 Å². The molecule has 0 spiro atoms. The SMILES string of the molecule is Cc1ccc(C(=O)O)cc1S(=O)(=O)Nc1cccc(-c2nnc3n2CCC3)c1. The van der Waals surface area contributed by atoms with Crippen LogP contribution >= 0.6 is 0 Å². The Hall–Kier alpha value is -3.20. The van der Waals surface area contributed by atoms with Crippen molar-refractivity contribution >= 4 is 21.7 Å². The number of aryl methyl sites for hydroxylation is 2. The van der Waals surface area contributed by atoms with E-state index in [9.17, 15) is 13.2 Å². The average Bonchev–Trinajstić information content (AvgIpc) is 3.25. The van der Waals surface area contributed by atoms with E-state index in [2.05, 4.69) is 14.9 Å². The molecule has 2 heterocycles. The molecule has 0 aliphatic carbocycles. The van der Waals surface area contributed by atoms with Crippen molar-refractivity contribution < 1.29 is 18.3 Å². The van der Waals surface area contributed by atoms with Crippen molar-refractivity contribution in [1.29, 1.82) is 0 Å². The Morgan fingerprint density at radius 2 is 2.00 bits per heavy atom. The summed E-state index contributed by atoms with van der Waals surface area (Å²) in [7, 11) is -3.95. The van der Waals surface area contributed by atoms with Gasteiger partial charge in [-0.15, -0.1) is 10.2 Å². The van der Waals surface area contributed by atoms with Gasteiger partial charge in [-0.05, 0) is 43.2 Å². The fourth-order valence-corrected chi connectivity index (χ4v) is 4.64. The fraction of sp³-hybridized carbons (Fsp3) is 0.211. The molecule has 9 heteroatoms. The number of hydrogen-bond acceptors (Lipinski definition) is 5. The lowest BCUT2D eigenvalue weighted by molar-refractivity contribution is 0.0696. The van der Waals surface area contributed by atoms with Crippen LogP contribution in [-0.2, 0) is 23.0 Å². The van der Waals surface area contributed by atoms with Crippen molar-refractivity contribution in [2.45, 2.75) is 31.2 Å². The zero-order valence-corrected chi connectivity index (χ0v) is 15.9. The molecule has 8 nitrogen and oxygen atoms in total. The summed E-state index contributed by atoms with van der Waals surface area (Å²) in [4.78, 5) is 11.1. The van der Waals surface area contributed by atoms with Gasteiger partial charge in [0.05, 0.1) is 10.5 Å². The van der Waals surface area contributed by atoms with E-state index in [-0.39, 0.29) is 10.5 Å². The maximum absolute atomic E-state index is 12.8. The molecule has 0 amide bonds. The molecule has 4 rings (SSSR count). The maximum atomic E-state index is 12.8. The molecule has 0 radical (unpaired) electrons. The van der Waals surface area contributed by atoms with Crippen LogP contribution in [0.15, 0.2) is 47.4 Å². The van der Waals surface area contributed by atoms with Crippen molar-refractivity contribution in [3.8, 4) is 11.4 Å². The zero-order chi connectivity index (χ0) is 19.9. The predicted octanol–water partition coefficient (Wildman–Crippen LogP) is 2.70. The van der Waals surface area contributed by atoms with Gasteiger partial charge in [0.2, 0.25) is 0 Å². The molecule has 28 heavy (non-hydrogen) atoms. The van der Waals surface area contributed by atoms with Gasteiger partial charge in [-0.25, -0.2) is 13.2 Å². The van der Waals surface area contributed by atoms with E-state index in [0.717, 1.165) is 36.8 Å². The van der Waals surface area contributed by atoms with E-state index < -0.39 is 16.0 Å². The lowest BCUT2D eigenvalue weighted by atomic mass is 10.1. The van der Waals surface area contributed by atoms with E-state index >= 15 is 0 Å². The molecule has 0 saturated carbocycles. The molecule has 144 valence electrons. The van der Waals surface area contributed by atoms with Crippen LogP contribution in [0.3, 0.4) is 0 Å². The van der Waals surface area contributed by atoms with Gasteiger partial charge in [0, 0.05) is 24.2 Å². The van der Waals surface area contributed by atoms with Gasteiger partial charge >= 0.3 is 5.97 Å². The molecule has 0 unspecified atom stereocenters. The third-order valence-electron chi connectivity index (χ3n) is 4.71. The number of benzene rings is 2. The Labute approximate surface area is 161 Å². The Kier molecular flexibility index (Phi) is 4.38. The third kappa shape index (κ3) is 3.24. The molecular formula is C19H18N4O4S. The number of hydrogen-bond donors (Lipinski definition) is 2. The number of anilines is 1. The minimum Gasteiger partial charge on any atom is -0.478 e. The van der Waals surface area contributed by atoms with Gasteiger partial charge in [-0.3, -0.25) is 4.72 Å². The summed E-state index contributed by atoms with van der Waals surface area (Å²) in [6, 6.07) is 10.9. The number of fused-ring (bicyclic) bond motifs is 1. The first-order valence-corrected chi connectivity index (χ1v) is 10.2. The first-order valence-electron chi connectivity index (χ1n) is 8.74. The molecule has 0 bridgehead atoms. The van der Waals surface area contributed by atoms with Crippen LogP contribution in [0.5, 0.6) is 0 Å². The maximum Gasteiger partial charge on any atom is 0.335 e. The second kappa shape index (κ2) is 6.75. The molecule has 0 fully saturated rings. The van der Waals surface area contributed by atoms with Crippen LogP contribution in [0.1, 0.15) is 28.2 Å². The lowest BCUT2D eigenvalue weighted by Gasteiger charge is -2.12. The minimum absolute atomic E-state index is 0.0684. The number of carbonyl (C=O) groups is 1. The van der Waals surface area contributed by atoms with E-state index in [4.69, 9.17) is 5.11 Å². The summed E-state index contributed by atoms with van der Waals surface area (Å²) in [5.74, 6) is 0.457. The van der Waals surface area contributed by atoms with E-state index in [1.165, 1.54) is 12.1 Å². The van der Waals surface area contributed by atoms with Crippen molar-refractivity contribution in [2.24, 2.45) is 0 Å². The summed E-state index contributed by atoms with van der Waals surface area (Å²) >= 11 is 0. The molecule has 2 aromatic carbocycles. The van der Waals surface area contributed by atoms with Gasteiger partial charge in [-0.2, -0.15) is 0 Å². The first-order chi connectivity index (χ1) is 13.3. The third-order valence-corrected chi connectivity index (χ3v) is 6.23. The lowest BCUT2D eigenvalue weighted by Crippen LogP contribution is -2.15. The van der Waals surface area contributed by atoms with Gasteiger partial charge < -0.3 is 9.67 Å². The quantitative estimate of drug-likeness (QED) is 0.683. The normalized spacial score (nSPS) is 13.3. The smallest absolute Gasteiger partial charge is 0.335 e. The number of aromatic nitrogens is 3. The number of sulfonamides is 1. The van der Waals surface area contributed by atoms with E-state index in [0.29, 0.717) is 17.1 Å². The van der Waals surface area contributed by atoms with Crippen LogP contribution < -0.4 is 4.72 Å². The summed E-state index contributed by atoms with van der Waals surface area (Å²) < 4.78 is 30.3. The first kappa shape index (κ1) is 18.2. The fourth-order valence-electron chi connectivity index (χ4n) is 3.32. The summed E-state index contributed by atoms with van der Waals surface area (Å²) in [6.07, 6.45) is 1.90. The molecular weight excluding hydrogens is 380 g/mol. The number of carboxylic acid groups (broad SMARTS) is 1. The highest BCUT2D eigenvalue weighted by atomic mass is 32.2. The second-order valence-corrected chi connectivity index (χ2v) is 8.32. The van der Waals surface area contributed by atoms with Crippen LogP contribution in [0, 0.1) is 6.92 Å². The monoisotopic (exact) mass is 398 g/mol. The molecule has 0 atom stereocenters. The second-order valence-electron chi connectivity index (χ2n) is 6.67. The summed E-state index contributed by atoms with van der Waals surface area (Å²) in [5, 5.41) is 17.5. The average molecular weight is 398 g/mol. The molecule has 1 aliphatic rings. The molecule has 3 aromatic rings. The molecule has 2 N–H and O–H groups in total. The summed E-state index contributed by atoms with van der Waals surface area (Å²) in [6.45, 7) is 2.46. The number of carboxylic acids is 1. The van der Waals surface area contributed by atoms with Crippen molar-refractivity contribution in [1.82, 2.24) is 14.8 Å². The number of rotatable bonds is 5. The highest BCUT2D eigenvalue weighted by molar-refractivity contribution is 7.92. The number of nitrogens with zero attached hydrogens (tertiary/aromatic N) is 3. The molecule has 1 aromatic heterocycles. The zero-order valence-electron chi connectivity index (χ0n) is 15.1. The number of aromatic carboxylic acids is 1. The largest absolute Gasteiger partial charge is 0.478 e. The standard InChI is InChI=1S/C19H18N4O4S/c1-12-7-8-14(19(24)25)11-16(12)28(26,27)22-15-5-2-4-13(10-15)18-21-20-17-6-3-9-23(17)18/h2,4-5,7-8,10-11,22H,3,6,9H2,1H3,(H,24,25). The predicted molar refractivity (Wildman–Crippen MR) is 103 cm³/mol. The highest BCUT2D eigenvalue weighted by Crippen LogP contribution is 2.27. The van der Waals surface area contributed by atoms with Gasteiger partial charge in [-0.1, -0.05) is 18.2 Å². The number of nitrogens with one attached hydrogen (secondary N) is 1. The Bertz CT molecular complexity index is 1180. The summed E-state index contributed by atoms with van der Waals surface area (Å²) in [5.41, 5.74) is 1.51. The van der Waals surface area contributed by atoms with Crippen LogP contribution in [0.25, 0.3) is 11.4 Å². The van der Waals surface area contributed by atoms with Crippen LogP contribution in [0.2, 0.25) is 0 Å². The van der Waals surface area contributed by atoms with E-state index in [1.54, 1.807) is 25.1 Å². The Balaban J connectivity index is 1.68. The van der Waals surface area contributed by atoms with Crippen molar-refractivity contribution in [2.75, 3.05) is 4.72 Å². The van der Waals surface area contributed by atoms with Gasteiger partial charge in [0.15, 0.2) is 5.82 Å². The molecule has 1 aliphatic heterocycles. The van der Waals surface area contributed by atoms with Crippen molar-refractivity contribution in [3.05, 3.63) is 59.4 Å². The van der Waals surface area contributed by atoms with Gasteiger partial charge in [0.25, 0.3) is 10.0 Å². The van der Waals surface area contributed by atoms with E-state index in [1.807, 2.05) is 10.6 Å². The van der Waals surface area contributed by atoms with Crippen molar-refractivity contribution in [3.63, 3.8) is 0 Å².